The lowest BCUT2D eigenvalue weighted by Gasteiger charge is -2.22. The molecule has 6 heteroatoms. The molecule has 0 saturated carbocycles. The molecule has 1 fully saturated rings. The number of carbonyl (C=O) groups is 3. The van der Waals surface area contributed by atoms with Crippen molar-refractivity contribution in [3.63, 3.8) is 0 Å². The van der Waals surface area contributed by atoms with Crippen LogP contribution in [-0.4, -0.2) is 53.7 Å². The third-order valence-electron chi connectivity index (χ3n) is 3.89. The Morgan fingerprint density at radius 3 is 2.22 bits per heavy atom. The van der Waals surface area contributed by atoms with Crippen LogP contribution in [0.15, 0.2) is 24.3 Å². The summed E-state index contributed by atoms with van der Waals surface area (Å²) in [5, 5.41) is 2.68. The van der Waals surface area contributed by atoms with Gasteiger partial charge in [-0.3, -0.25) is 14.4 Å². The minimum Gasteiger partial charge on any atom is -0.341 e. The van der Waals surface area contributed by atoms with Gasteiger partial charge in [0, 0.05) is 50.8 Å². The smallest absolute Gasteiger partial charge is 0.253 e. The van der Waals surface area contributed by atoms with Crippen molar-refractivity contribution in [2.75, 3.05) is 31.5 Å². The normalized spacial score (nSPS) is 15.0. The van der Waals surface area contributed by atoms with Gasteiger partial charge >= 0.3 is 0 Å². The van der Waals surface area contributed by atoms with Crippen molar-refractivity contribution in [3.8, 4) is 0 Å². The summed E-state index contributed by atoms with van der Waals surface area (Å²) in [5.74, 6) is -0.0404. The number of rotatable bonds is 3. The van der Waals surface area contributed by atoms with Crippen molar-refractivity contribution >= 4 is 23.4 Å². The molecule has 1 aromatic rings. The number of carbonyl (C=O) groups excluding carboxylic acids is 3. The first-order valence-electron chi connectivity index (χ1n) is 7.96. The molecule has 0 unspecified atom stereocenters. The Balaban J connectivity index is 2.00. The lowest BCUT2D eigenvalue weighted by molar-refractivity contribution is -0.130. The van der Waals surface area contributed by atoms with Crippen molar-refractivity contribution in [1.82, 2.24) is 9.80 Å². The lowest BCUT2D eigenvalue weighted by atomic mass is 10.1. The van der Waals surface area contributed by atoms with Crippen LogP contribution in [0.1, 0.15) is 37.0 Å². The van der Waals surface area contributed by atoms with Crippen LogP contribution in [0.3, 0.4) is 0 Å². The zero-order valence-electron chi connectivity index (χ0n) is 13.7. The second kappa shape index (κ2) is 7.76. The summed E-state index contributed by atoms with van der Waals surface area (Å²) in [7, 11) is 0. The Labute approximate surface area is 136 Å². The van der Waals surface area contributed by atoms with Crippen molar-refractivity contribution in [2.45, 2.75) is 26.7 Å². The van der Waals surface area contributed by atoms with Gasteiger partial charge < -0.3 is 15.1 Å². The molecule has 0 bridgehead atoms. The van der Waals surface area contributed by atoms with Crippen molar-refractivity contribution in [2.24, 2.45) is 0 Å². The van der Waals surface area contributed by atoms with Gasteiger partial charge in [0.15, 0.2) is 0 Å². The second-order valence-electron chi connectivity index (χ2n) is 5.64. The zero-order valence-corrected chi connectivity index (χ0v) is 13.7. The molecule has 1 aliphatic heterocycles. The van der Waals surface area contributed by atoms with Gasteiger partial charge in [0.2, 0.25) is 11.8 Å². The number of hydrogen-bond acceptors (Lipinski definition) is 3. The lowest BCUT2D eigenvalue weighted by Crippen LogP contribution is -2.37. The van der Waals surface area contributed by atoms with E-state index < -0.39 is 0 Å². The first-order chi connectivity index (χ1) is 11.0. The molecular formula is C17H23N3O3. The number of benzene rings is 1. The van der Waals surface area contributed by atoms with Gasteiger partial charge in [0.1, 0.15) is 0 Å². The maximum atomic E-state index is 12.6. The van der Waals surface area contributed by atoms with Gasteiger partial charge in [-0.2, -0.15) is 0 Å². The van der Waals surface area contributed by atoms with E-state index in [1.165, 1.54) is 6.92 Å². The van der Waals surface area contributed by atoms with Crippen LogP contribution < -0.4 is 5.32 Å². The molecule has 0 spiro atoms. The first-order valence-corrected chi connectivity index (χ1v) is 7.96. The molecule has 3 amide bonds. The summed E-state index contributed by atoms with van der Waals surface area (Å²) < 4.78 is 0. The molecule has 0 aliphatic carbocycles. The molecule has 23 heavy (non-hydrogen) atoms. The molecule has 6 nitrogen and oxygen atoms in total. The van der Waals surface area contributed by atoms with Crippen LogP contribution >= 0.6 is 0 Å². The number of hydrogen-bond donors (Lipinski definition) is 1. The van der Waals surface area contributed by atoms with Gasteiger partial charge in [-0.15, -0.1) is 0 Å². The summed E-state index contributed by atoms with van der Waals surface area (Å²) in [6.45, 7) is 5.80. The number of amides is 3. The van der Waals surface area contributed by atoms with Gasteiger partial charge in [0.25, 0.3) is 5.91 Å². The summed E-state index contributed by atoms with van der Waals surface area (Å²) in [6.07, 6.45) is 1.29. The molecule has 0 radical (unpaired) electrons. The molecule has 124 valence electrons. The van der Waals surface area contributed by atoms with Crippen LogP contribution in [0.5, 0.6) is 0 Å². The van der Waals surface area contributed by atoms with E-state index in [0.29, 0.717) is 43.9 Å². The van der Waals surface area contributed by atoms with Crippen molar-refractivity contribution in [1.29, 1.82) is 0 Å². The van der Waals surface area contributed by atoms with E-state index in [9.17, 15) is 14.4 Å². The maximum absolute atomic E-state index is 12.6. The third-order valence-corrected chi connectivity index (χ3v) is 3.89. The molecule has 1 saturated heterocycles. The van der Waals surface area contributed by atoms with Crippen LogP contribution in [0.2, 0.25) is 0 Å². The standard InChI is InChI=1S/C17H23N3O3/c1-3-16(22)19-9-4-10-20(12-11-19)17(23)14-5-7-15(8-6-14)18-13(2)21/h5-8H,3-4,9-12H2,1-2H3,(H,18,21). The molecule has 1 N–H and O–H groups in total. The van der Waals surface area contributed by atoms with Gasteiger partial charge in [-0.1, -0.05) is 6.92 Å². The van der Waals surface area contributed by atoms with E-state index in [2.05, 4.69) is 5.32 Å². The summed E-state index contributed by atoms with van der Waals surface area (Å²) >= 11 is 0. The van der Waals surface area contributed by atoms with E-state index in [4.69, 9.17) is 0 Å². The zero-order chi connectivity index (χ0) is 16.8. The highest BCUT2D eigenvalue weighted by atomic mass is 16.2. The van der Waals surface area contributed by atoms with E-state index in [1.807, 2.05) is 11.8 Å². The van der Waals surface area contributed by atoms with Crippen molar-refractivity contribution < 1.29 is 14.4 Å². The Hall–Kier alpha value is -2.37. The number of anilines is 1. The van der Waals surface area contributed by atoms with E-state index >= 15 is 0 Å². The van der Waals surface area contributed by atoms with Crippen LogP contribution in [0, 0.1) is 0 Å². The van der Waals surface area contributed by atoms with Gasteiger partial charge in [-0.05, 0) is 30.7 Å². The van der Waals surface area contributed by atoms with Crippen LogP contribution in [0.25, 0.3) is 0 Å². The summed E-state index contributed by atoms with van der Waals surface area (Å²) in [5.41, 5.74) is 1.26. The molecular weight excluding hydrogens is 294 g/mol. The first kappa shape index (κ1) is 17.0. The fraction of sp³-hybridized carbons (Fsp3) is 0.471. The highest BCUT2D eigenvalue weighted by Crippen LogP contribution is 2.13. The Morgan fingerprint density at radius 1 is 1.00 bits per heavy atom. The predicted molar refractivity (Wildman–Crippen MR) is 88.1 cm³/mol. The molecule has 1 aliphatic rings. The minimum atomic E-state index is -0.141. The number of nitrogens with zero attached hydrogens (tertiary/aromatic N) is 2. The van der Waals surface area contributed by atoms with E-state index in [0.717, 1.165) is 6.42 Å². The predicted octanol–water partition coefficient (Wildman–Crippen LogP) is 1.73. The summed E-state index contributed by atoms with van der Waals surface area (Å²) in [6, 6.07) is 6.87. The average molecular weight is 317 g/mol. The molecule has 2 rings (SSSR count). The Bertz CT molecular complexity index is 583. The molecule has 1 aromatic carbocycles. The fourth-order valence-electron chi connectivity index (χ4n) is 2.68. The minimum absolute atomic E-state index is 0.0369. The highest BCUT2D eigenvalue weighted by Gasteiger charge is 2.22. The fourth-order valence-corrected chi connectivity index (χ4v) is 2.68. The topological polar surface area (TPSA) is 69.7 Å². The molecule has 0 atom stereocenters. The van der Waals surface area contributed by atoms with Crippen LogP contribution in [-0.2, 0) is 9.59 Å². The third kappa shape index (κ3) is 4.55. The van der Waals surface area contributed by atoms with E-state index in [-0.39, 0.29) is 17.7 Å². The maximum Gasteiger partial charge on any atom is 0.253 e. The Morgan fingerprint density at radius 2 is 1.61 bits per heavy atom. The highest BCUT2D eigenvalue weighted by molar-refractivity contribution is 5.95. The summed E-state index contributed by atoms with van der Waals surface area (Å²) in [4.78, 5) is 39.0. The van der Waals surface area contributed by atoms with Gasteiger partial charge in [0.05, 0.1) is 0 Å². The molecule has 0 aromatic heterocycles. The average Bonchev–Trinajstić information content (AvgIpc) is 2.79. The molecule has 1 heterocycles. The largest absolute Gasteiger partial charge is 0.341 e. The monoisotopic (exact) mass is 317 g/mol. The number of nitrogens with one attached hydrogen (secondary N) is 1. The quantitative estimate of drug-likeness (QED) is 0.923. The Kier molecular flexibility index (Phi) is 5.73. The van der Waals surface area contributed by atoms with E-state index in [1.54, 1.807) is 29.2 Å². The van der Waals surface area contributed by atoms with Gasteiger partial charge in [-0.25, -0.2) is 0 Å². The second-order valence-corrected chi connectivity index (χ2v) is 5.64. The van der Waals surface area contributed by atoms with Crippen LogP contribution in [0.4, 0.5) is 5.69 Å². The van der Waals surface area contributed by atoms with Crippen molar-refractivity contribution in [3.05, 3.63) is 29.8 Å². The SMILES string of the molecule is CCC(=O)N1CCCN(C(=O)c2ccc(NC(C)=O)cc2)CC1.